The summed E-state index contributed by atoms with van der Waals surface area (Å²) in [7, 11) is 0. The lowest BCUT2D eigenvalue weighted by Crippen LogP contribution is -2.24. The molecule has 0 saturated carbocycles. The van der Waals surface area contributed by atoms with Crippen molar-refractivity contribution in [2.45, 2.75) is 26.7 Å². The quantitative estimate of drug-likeness (QED) is 0.321. The van der Waals surface area contributed by atoms with Crippen molar-refractivity contribution >= 4 is 5.69 Å². The second kappa shape index (κ2) is 10.1. The van der Waals surface area contributed by atoms with Crippen molar-refractivity contribution in [3.05, 3.63) is 91.0 Å². The second-order valence-corrected chi connectivity index (χ2v) is 8.07. The molecule has 3 aromatic carbocycles. The number of pyridine rings is 1. The molecule has 3 heteroatoms. The largest absolute Gasteiger partial charge is 0.508 e. The van der Waals surface area contributed by atoms with Gasteiger partial charge in [-0.25, -0.2) is 4.98 Å². The number of rotatable bonds is 8. The van der Waals surface area contributed by atoms with E-state index in [2.05, 4.69) is 67.3 Å². The fourth-order valence-corrected chi connectivity index (χ4v) is 4.01. The van der Waals surface area contributed by atoms with Crippen molar-refractivity contribution in [3.63, 3.8) is 0 Å². The molecule has 0 unspecified atom stereocenters. The summed E-state index contributed by atoms with van der Waals surface area (Å²) in [4.78, 5) is 7.39. The molecule has 0 bridgehead atoms. The van der Waals surface area contributed by atoms with E-state index in [1.54, 1.807) is 12.1 Å². The summed E-state index contributed by atoms with van der Waals surface area (Å²) in [5.74, 6) is 0.257. The molecule has 4 rings (SSSR count). The highest BCUT2D eigenvalue weighted by molar-refractivity contribution is 5.77. The second-order valence-electron chi connectivity index (χ2n) is 8.07. The minimum absolute atomic E-state index is 0.257. The van der Waals surface area contributed by atoms with E-state index in [0.717, 1.165) is 54.0 Å². The first kappa shape index (κ1) is 21.6. The lowest BCUT2D eigenvalue weighted by atomic mass is 9.99. The predicted molar refractivity (Wildman–Crippen MR) is 135 cm³/mol. The molecular formula is C29H30N2O. The summed E-state index contributed by atoms with van der Waals surface area (Å²) >= 11 is 0. The summed E-state index contributed by atoms with van der Waals surface area (Å²) in [6, 6.07) is 30.6. The fraction of sp³-hybridized carbons (Fsp3) is 0.207. The molecule has 0 spiro atoms. The lowest BCUT2D eigenvalue weighted by molar-refractivity contribution is 0.475. The molecule has 3 nitrogen and oxygen atoms in total. The van der Waals surface area contributed by atoms with E-state index in [1.165, 1.54) is 11.3 Å². The Bertz CT molecular complexity index is 1130. The molecule has 0 aliphatic heterocycles. The van der Waals surface area contributed by atoms with Crippen molar-refractivity contribution in [3.8, 4) is 39.4 Å². The van der Waals surface area contributed by atoms with Crippen LogP contribution in [-0.2, 0) is 0 Å². The Labute approximate surface area is 191 Å². The third-order valence-electron chi connectivity index (χ3n) is 5.61. The SMILES string of the molecule is CCCN(CCC)c1ccc(-c2cc(-c3ccccc3)nc(-c3ccc(O)cc3)c2)cc1. The van der Waals surface area contributed by atoms with Gasteiger partial charge in [-0.3, -0.25) is 0 Å². The van der Waals surface area contributed by atoms with Gasteiger partial charge in [0.2, 0.25) is 0 Å². The van der Waals surface area contributed by atoms with Crippen LogP contribution in [0.4, 0.5) is 5.69 Å². The van der Waals surface area contributed by atoms with Gasteiger partial charge in [0.25, 0.3) is 0 Å². The van der Waals surface area contributed by atoms with Gasteiger partial charge in [0, 0.05) is 29.9 Å². The Morgan fingerprint density at radius 2 is 1.16 bits per heavy atom. The summed E-state index contributed by atoms with van der Waals surface area (Å²) in [5.41, 5.74) is 7.47. The highest BCUT2D eigenvalue weighted by Crippen LogP contribution is 2.31. The van der Waals surface area contributed by atoms with Crippen LogP contribution in [0.1, 0.15) is 26.7 Å². The number of benzene rings is 3. The van der Waals surface area contributed by atoms with Crippen LogP contribution in [0.15, 0.2) is 91.0 Å². The van der Waals surface area contributed by atoms with Crippen LogP contribution in [0, 0.1) is 0 Å². The van der Waals surface area contributed by atoms with E-state index >= 15 is 0 Å². The average Bonchev–Trinajstić information content (AvgIpc) is 2.85. The zero-order valence-corrected chi connectivity index (χ0v) is 18.8. The van der Waals surface area contributed by atoms with Crippen molar-refractivity contribution < 1.29 is 5.11 Å². The zero-order chi connectivity index (χ0) is 22.3. The van der Waals surface area contributed by atoms with Gasteiger partial charge in [0.05, 0.1) is 11.4 Å². The molecule has 0 saturated heterocycles. The molecule has 162 valence electrons. The molecule has 4 aromatic rings. The van der Waals surface area contributed by atoms with E-state index in [9.17, 15) is 5.11 Å². The lowest BCUT2D eigenvalue weighted by Gasteiger charge is -2.24. The van der Waals surface area contributed by atoms with Gasteiger partial charge in [-0.2, -0.15) is 0 Å². The smallest absolute Gasteiger partial charge is 0.115 e. The van der Waals surface area contributed by atoms with Gasteiger partial charge in [-0.05, 0) is 72.5 Å². The Morgan fingerprint density at radius 3 is 1.72 bits per heavy atom. The highest BCUT2D eigenvalue weighted by Gasteiger charge is 2.10. The van der Waals surface area contributed by atoms with Gasteiger partial charge < -0.3 is 10.0 Å². The van der Waals surface area contributed by atoms with E-state index < -0.39 is 0 Å². The van der Waals surface area contributed by atoms with Crippen LogP contribution >= 0.6 is 0 Å². The monoisotopic (exact) mass is 422 g/mol. The number of hydrogen-bond acceptors (Lipinski definition) is 3. The van der Waals surface area contributed by atoms with Crippen LogP contribution in [0.5, 0.6) is 5.75 Å². The molecule has 0 atom stereocenters. The number of aromatic hydroxyl groups is 1. The fourth-order valence-electron chi connectivity index (χ4n) is 4.01. The van der Waals surface area contributed by atoms with Gasteiger partial charge in [-0.1, -0.05) is 56.3 Å². The number of phenolic OH excluding ortho intramolecular Hbond substituents is 1. The number of hydrogen-bond donors (Lipinski definition) is 1. The van der Waals surface area contributed by atoms with E-state index in [-0.39, 0.29) is 5.75 Å². The van der Waals surface area contributed by atoms with Crippen molar-refractivity contribution in [1.29, 1.82) is 0 Å². The van der Waals surface area contributed by atoms with E-state index in [0.29, 0.717) is 0 Å². The predicted octanol–water partition coefficient (Wildman–Crippen LogP) is 7.41. The molecule has 32 heavy (non-hydrogen) atoms. The van der Waals surface area contributed by atoms with Crippen LogP contribution in [-0.4, -0.2) is 23.2 Å². The first-order valence-electron chi connectivity index (χ1n) is 11.4. The molecule has 1 N–H and O–H groups in total. The standard InChI is InChI=1S/C29H30N2O/c1-3-18-31(19-4-2)26-14-10-22(11-15-26)25-20-28(23-8-6-5-7-9-23)30-29(21-25)24-12-16-27(32)17-13-24/h5-17,20-21,32H,3-4,18-19H2,1-2H3. The third-order valence-corrected chi connectivity index (χ3v) is 5.61. The maximum Gasteiger partial charge on any atom is 0.115 e. The molecule has 1 aromatic heterocycles. The molecule has 0 amide bonds. The first-order chi connectivity index (χ1) is 15.7. The molecule has 0 aliphatic carbocycles. The van der Waals surface area contributed by atoms with Crippen molar-refractivity contribution in [2.75, 3.05) is 18.0 Å². The molecule has 1 heterocycles. The van der Waals surface area contributed by atoms with Crippen LogP contribution in [0.2, 0.25) is 0 Å². The first-order valence-corrected chi connectivity index (χ1v) is 11.4. The summed E-state index contributed by atoms with van der Waals surface area (Å²) in [6.07, 6.45) is 2.28. The minimum Gasteiger partial charge on any atom is -0.508 e. The normalized spacial score (nSPS) is 10.8. The average molecular weight is 423 g/mol. The molecule has 0 fully saturated rings. The van der Waals surface area contributed by atoms with Gasteiger partial charge in [0.15, 0.2) is 0 Å². The Kier molecular flexibility index (Phi) is 6.86. The van der Waals surface area contributed by atoms with Crippen LogP contribution in [0.3, 0.4) is 0 Å². The minimum atomic E-state index is 0.257. The van der Waals surface area contributed by atoms with E-state index in [4.69, 9.17) is 4.98 Å². The van der Waals surface area contributed by atoms with E-state index in [1.807, 2.05) is 30.3 Å². The van der Waals surface area contributed by atoms with Gasteiger partial charge in [0.1, 0.15) is 5.75 Å². The van der Waals surface area contributed by atoms with Crippen LogP contribution in [0.25, 0.3) is 33.6 Å². The number of aromatic nitrogens is 1. The van der Waals surface area contributed by atoms with Crippen molar-refractivity contribution in [1.82, 2.24) is 4.98 Å². The number of phenols is 1. The zero-order valence-electron chi connectivity index (χ0n) is 18.8. The summed E-state index contributed by atoms with van der Waals surface area (Å²) < 4.78 is 0. The Hall–Kier alpha value is -3.59. The topological polar surface area (TPSA) is 36.4 Å². The number of nitrogens with zero attached hydrogens (tertiary/aromatic N) is 2. The molecule has 0 aliphatic rings. The summed E-state index contributed by atoms with van der Waals surface area (Å²) in [5, 5.41) is 9.69. The van der Waals surface area contributed by atoms with Gasteiger partial charge in [-0.15, -0.1) is 0 Å². The summed E-state index contributed by atoms with van der Waals surface area (Å²) in [6.45, 7) is 6.60. The Morgan fingerprint density at radius 1 is 0.625 bits per heavy atom. The van der Waals surface area contributed by atoms with Crippen LogP contribution < -0.4 is 4.90 Å². The maximum absolute atomic E-state index is 9.69. The third kappa shape index (κ3) is 5.00. The molecular weight excluding hydrogens is 392 g/mol. The van der Waals surface area contributed by atoms with Crippen molar-refractivity contribution in [2.24, 2.45) is 0 Å². The maximum atomic E-state index is 9.69. The highest BCUT2D eigenvalue weighted by atomic mass is 16.3. The molecule has 0 radical (unpaired) electrons. The number of anilines is 1. The van der Waals surface area contributed by atoms with Gasteiger partial charge >= 0.3 is 0 Å². The Balaban J connectivity index is 1.76.